The second-order valence-corrected chi connectivity index (χ2v) is 13.2. The number of rotatable bonds is 7. The van der Waals surface area contributed by atoms with Gasteiger partial charge >= 0.3 is 17.9 Å². The Kier molecular flexibility index (Phi) is 10.2. The molecule has 0 saturated heterocycles. The number of benzene rings is 4. The predicted molar refractivity (Wildman–Crippen MR) is 190 cm³/mol. The van der Waals surface area contributed by atoms with Crippen LogP contribution in [-0.4, -0.2) is 35.2 Å². The molecule has 2 N–H and O–H groups in total. The molecule has 0 amide bonds. The maximum atomic E-state index is 13.7. The van der Waals surface area contributed by atoms with Gasteiger partial charge in [0.2, 0.25) is 0 Å². The van der Waals surface area contributed by atoms with Crippen molar-refractivity contribution in [3.8, 4) is 34.1 Å². The van der Waals surface area contributed by atoms with Crippen LogP contribution in [0.15, 0.2) is 22.7 Å². The van der Waals surface area contributed by atoms with Crippen molar-refractivity contribution in [1.29, 1.82) is 0 Å². The van der Waals surface area contributed by atoms with Gasteiger partial charge in [-0.05, 0) is 165 Å². The Hall–Kier alpha value is -4.63. The lowest BCUT2D eigenvalue weighted by Crippen LogP contribution is -2.18. The first-order chi connectivity index (χ1) is 22.3. The molecule has 0 spiro atoms. The molecule has 0 aliphatic heterocycles. The van der Waals surface area contributed by atoms with E-state index in [9.17, 15) is 24.6 Å². The molecule has 0 radical (unpaired) electrons. The molecule has 48 heavy (non-hydrogen) atoms. The number of esters is 2. The van der Waals surface area contributed by atoms with Crippen LogP contribution in [0.25, 0.3) is 11.1 Å². The minimum absolute atomic E-state index is 0.0200. The Morgan fingerprint density at radius 2 is 1.10 bits per heavy atom. The van der Waals surface area contributed by atoms with Gasteiger partial charge in [-0.2, -0.15) is 0 Å². The van der Waals surface area contributed by atoms with Crippen LogP contribution >= 0.6 is 15.9 Å². The average molecular weight is 718 g/mol. The van der Waals surface area contributed by atoms with Crippen molar-refractivity contribution in [2.45, 2.75) is 76.2 Å². The van der Waals surface area contributed by atoms with E-state index >= 15 is 0 Å². The van der Waals surface area contributed by atoms with E-state index in [1.807, 2.05) is 32.9 Å². The summed E-state index contributed by atoms with van der Waals surface area (Å²) in [5.41, 5.74) is 9.20. The maximum absolute atomic E-state index is 13.7. The number of carboxylic acids is 1. The maximum Gasteiger partial charge on any atom is 0.347 e. The van der Waals surface area contributed by atoms with Gasteiger partial charge in [0.15, 0.2) is 0 Å². The first-order valence-electron chi connectivity index (χ1n) is 15.4. The summed E-state index contributed by atoms with van der Waals surface area (Å²) in [6.07, 6.45) is 0. The number of hydrogen-bond donors (Lipinski definition) is 2. The molecule has 0 bridgehead atoms. The van der Waals surface area contributed by atoms with Crippen LogP contribution < -0.4 is 14.2 Å². The Morgan fingerprint density at radius 3 is 1.65 bits per heavy atom. The molecular weight excluding hydrogens is 676 g/mol. The van der Waals surface area contributed by atoms with Crippen molar-refractivity contribution in [3.63, 3.8) is 0 Å². The Morgan fingerprint density at radius 1 is 0.583 bits per heavy atom. The third kappa shape index (κ3) is 6.07. The molecule has 0 heterocycles. The molecule has 4 rings (SSSR count). The van der Waals surface area contributed by atoms with Gasteiger partial charge in [0.1, 0.15) is 28.6 Å². The highest BCUT2D eigenvalue weighted by atomic mass is 79.9. The standard InChI is InChI=1S/C39H41BrO8/c1-16-13-17(2)30(28(14-16)46-12)32-21(6)22(7)33(35(41)34(32)40)39(45)47-27-15-18(3)29(20(5)19(27)4)38(44)48-36-25(10)23(8)31(37(42)43)24(9)26(36)11/h13-15,41H,1-12H3,(H,42,43). The normalized spacial score (nSPS) is 11.0. The van der Waals surface area contributed by atoms with Gasteiger partial charge in [0.25, 0.3) is 0 Å². The topological polar surface area (TPSA) is 119 Å². The fourth-order valence-electron chi connectivity index (χ4n) is 6.41. The fourth-order valence-corrected chi connectivity index (χ4v) is 7.11. The number of phenols is 1. The predicted octanol–water partition coefficient (Wildman–Crippen LogP) is 9.36. The van der Waals surface area contributed by atoms with Crippen molar-refractivity contribution < 1.29 is 38.8 Å². The third-order valence-electron chi connectivity index (χ3n) is 9.52. The molecule has 4 aromatic rings. The number of hydrogen-bond acceptors (Lipinski definition) is 7. The number of halogens is 1. The van der Waals surface area contributed by atoms with Gasteiger partial charge in [-0.25, -0.2) is 14.4 Å². The lowest BCUT2D eigenvalue weighted by Gasteiger charge is -2.22. The number of aromatic hydroxyl groups is 1. The zero-order valence-electron chi connectivity index (χ0n) is 29.5. The molecule has 0 aliphatic carbocycles. The fraction of sp³-hybridized carbons (Fsp3) is 0.308. The molecule has 252 valence electrons. The Bertz CT molecular complexity index is 2000. The van der Waals surface area contributed by atoms with E-state index < -0.39 is 17.9 Å². The highest BCUT2D eigenvalue weighted by molar-refractivity contribution is 9.10. The van der Waals surface area contributed by atoms with E-state index in [0.717, 1.165) is 27.8 Å². The van der Waals surface area contributed by atoms with Crippen molar-refractivity contribution in [2.75, 3.05) is 7.11 Å². The number of carbonyl (C=O) groups excluding carboxylic acids is 2. The number of aromatic carboxylic acids is 1. The van der Waals surface area contributed by atoms with Crippen LogP contribution in [-0.2, 0) is 0 Å². The molecule has 4 aromatic carbocycles. The second kappa shape index (κ2) is 13.5. The first-order valence-corrected chi connectivity index (χ1v) is 16.2. The molecule has 0 unspecified atom stereocenters. The lowest BCUT2D eigenvalue weighted by molar-refractivity contribution is 0.0692. The van der Waals surface area contributed by atoms with Gasteiger partial charge in [-0.3, -0.25) is 0 Å². The van der Waals surface area contributed by atoms with Crippen LogP contribution in [0.2, 0.25) is 0 Å². The van der Waals surface area contributed by atoms with E-state index in [1.54, 1.807) is 68.6 Å². The first kappa shape index (κ1) is 36.2. The largest absolute Gasteiger partial charge is 0.506 e. The molecule has 8 nitrogen and oxygen atoms in total. The number of aryl methyl sites for hydroxylation is 3. The number of carboxylic acid groups (broad SMARTS) is 1. The van der Waals surface area contributed by atoms with Crippen LogP contribution in [0, 0.1) is 76.2 Å². The van der Waals surface area contributed by atoms with E-state index in [1.165, 1.54) is 0 Å². The highest BCUT2D eigenvalue weighted by Crippen LogP contribution is 2.47. The molecule has 0 aliphatic rings. The smallest absolute Gasteiger partial charge is 0.347 e. The zero-order valence-corrected chi connectivity index (χ0v) is 31.0. The van der Waals surface area contributed by atoms with E-state index in [0.29, 0.717) is 66.0 Å². The monoisotopic (exact) mass is 716 g/mol. The Balaban J connectivity index is 1.73. The summed E-state index contributed by atoms with van der Waals surface area (Å²) >= 11 is 3.55. The van der Waals surface area contributed by atoms with Crippen LogP contribution in [0.4, 0.5) is 0 Å². The van der Waals surface area contributed by atoms with Crippen molar-refractivity contribution in [2.24, 2.45) is 0 Å². The average Bonchev–Trinajstić information content (AvgIpc) is 3.00. The van der Waals surface area contributed by atoms with Gasteiger partial charge in [-0.1, -0.05) is 6.07 Å². The number of ether oxygens (including phenoxy) is 3. The number of phenolic OH excluding ortho intramolecular Hbond substituents is 1. The number of carbonyl (C=O) groups is 3. The molecule has 0 aromatic heterocycles. The highest BCUT2D eigenvalue weighted by Gasteiger charge is 2.29. The van der Waals surface area contributed by atoms with Gasteiger partial charge in [0, 0.05) is 11.1 Å². The lowest BCUT2D eigenvalue weighted by atomic mass is 9.89. The molecule has 0 fully saturated rings. The summed E-state index contributed by atoms with van der Waals surface area (Å²) in [5, 5.41) is 21.1. The van der Waals surface area contributed by atoms with E-state index in [-0.39, 0.29) is 22.6 Å². The quantitative estimate of drug-likeness (QED) is 0.143. The minimum atomic E-state index is -1.04. The van der Waals surface area contributed by atoms with Gasteiger partial charge in [-0.15, -0.1) is 0 Å². The van der Waals surface area contributed by atoms with E-state index in [2.05, 4.69) is 15.9 Å². The second-order valence-electron chi connectivity index (χ2n) is 12.4. The molecule has 0 saturated carbocycles. The van der Waals surface area contributed by atoms with Crippen LogP contribution in [0.5, 0.6) is 23.0 Å². The summed E-state index contributed by atoms with van der Waals surface area (Å²) in [6.45, 7) is 19.6. The molecule has 9 heteroatoms. The molecule has 0 atom stereocenters. The summed E-state index contributed by atoms with van der Waals surface area (Å²) in [4.78, 5) is 39.2. The SMILES string of the molecule is COc1cc(C)cc(C)c1-c1c(C)c(C)c(C(=O)Oc2cc(C)c(C(=O)Oc3c(C)c(C)c(C(=O)O)c(C)c3C)c(C)c2C)c(O)c1Br. The van der Waals surface area contributed by atoms with Crippen molar-refractivity contribution in [1.82, 2.24) is 0 Å². The van der Waals surface area contributed by atoms with Crippen molar-refractivity contribution in [3.05, 3.63) is 101 Å². The molecular formula is C39H41BrO8. The van der Waals surface area contributed by atoms with Gasteiger partial charge in [0.05, 0.1) is 22.7 Å². The summed E-state index contributed by atoms with van der Waals surface area (Å²) in [7, 11) is 1.60. The number of methoxy groups -OCH3 is 1. The zero-order chi connectivity index (χ0) is 36.1. The minimum Gasteiger partial charge on any atom is -0.506 e. The summed E-state index contributed by atoms with van der Waals surface area (Å²) < 4.78 is 17.9. The Labute approximate surface area is 289 Å². The summed E-state index contributed by atoms with van der Waals surface area (Å²) in [5.74, 6) is -1.43. The van der Waals surface area contributed by atoms with Crippen molar-refractivity contribution >= 4 is 33.8 Å². The van der Waals surface area contributed by atoms with Crippen LogP contribution in [0.1, 0.15) is 92.3 Å². The van der Waals surface area contributed by atoms with Gasteiger partial charge < -0.3 is 24.4 Å². The van der Waals surface area contributed by atoms with Crippen LogP contribution in [0.3, 0.4) is 0 Å². The summed E-state index contributed by atoms with van der Waals surface area (Å²) in [6, 6.07) is 5.56. The van der Waals surface area contributed by atoms with E-state index in [4.69, 9.17) is 14.2 Å². The third-order valence-corrected chi connectivity index (χ3v) is 10.3.